The van der Waals surface area contributed by atoms with Crippen LogP contribution in [0.3, 0.4) is 0 Å². The maximum Gasteiger partial charge on any atom is 0.233 e. The van der Waals surface area contributed by atoms with Crippen molar-refractivity contribution in [2.75, 3.05) is 20.3 Å². The number of nitrogens with one attached hydrogen (secondary N) is 1. The zero-order valence-electron chi connectivity index (χ0n) is 11.5. The van der Waals surface area contributed by atoms with E-state index in [9.17, 15) is 4.39 Å². The summed E-state index contributed by atoms with van der Waals surface area (Å²) in [7, 11) is 1.91. The van der Waals surface area contributed by atoms with Gasteiger partial charge in [0, 0.05) is 18.2 Å². The number of likely N-dealkylation sites (N-methyl/N-ethyl adjacent to an activating group) is 1. The van der Waals surface area contributed by atoms with E-state index in [0.717, 1.165) is 13.0 Å². The van der Waals surface area contributed by atoms with Gasteiger partial charge in [-0.25, -0.2) is 4.39 Å². The highest BCUT2D eigenvalue weighted by Gasteiger charge is 2.30. The van der Waals surface area contributed by atoms with E-state index >= 15 is 0 Å². The van der Waals surface area contributed by atoms with Crippen molar-refractivity contribution in [2.24, 2.45) is 0 Å². The van der Waals surface area contributed by atoms with Crippen molar-refractivity contribution in [3.8, 4) is 11.4 Å². The molecule has 0 radical (unpaired) electrons. The average Bonchev–Trinajstić information content (AvgIpc) is 2.99. The molecule has 0 saturated carbocycles. The Hall–Kier alpha value is -1.31. The molecule has 2 aromatic rings. The molecule has 1 saturated heterocycles. The van der Waals surface area contributed by atoms with Crippen molar-refractivity contribution in [2.45, 2.75) is 18.4 Å². The first kappa shape index (κ1) is 14.6. The number of benzene rings is 1. The van der Waals surface area contributed by atoms with Gasteiger partial charge in [-0.3, -0.25) is 0 Å². The van der Waals surface area contributed by atoms with E-state index in [1.807, 2.05) is 7.05 Å². The molecule has 1 aliphatic heterocycles. The van der Waals surface area contributed by atoms with Gasteiger partial charge < -0.3 is 14.6 Å². The Morgan fingerprint density at radius 1 is 1.43 bits per heavy atom. The lowest BCUT2D eigenvalue weighted by molar-refractivity contribution is 0.0516. The first-order valence-electron chi connectivity index (χ1n) is 6.73. The van der Waals surface area contributed by atoms with Gasteiger partial charge in [-0.05, 0) is 47.6 Å². The van der Waals surface area contributed by atoms with E-state index in [2.05, 4.69) is 31.4 Å². The minimum absolute atomic E-state index is 0.0360. The summed E-state index contributed by atoms with van der Waals surface area (Å²) >= 11 is 3.16. The molecule has 0 aliphatic carbocycles. The van der Waals surface area contributed by atoms with Gasteiger partial charge in [0.25, 0.3) is 0 Å². The third-order valence-corrected chi connectivity index (χ3v) is 4.27. The molecule has 5 nitrogen and oxygen atoms in total. The Morgan fingerprint density at radius 3 is 3.05 bits per heavy atom. The molecule has 2 heterocycles. The van der Waals surface area contributed by atoms with Gasteiger partial charge >= 0.3 is 0 Å². The molecule has 3 rings (SSSR count). The second-order valence-corrected chi connectivity index (χ2v) is 5.80. The number of rotatable bonds is 3. The molecular formula is C14H15BrFN3O2. The van der Waals surface area contributed by atoms with E-state index in [0.29, 0.717) is 28.4 Å². The molecule has 0 bridgehead atoms. The van der Waals surface area contributed by atoms with Gasteiger partial charge in [-0.1, -0.05) is 5.16 Å². The first-order valence-corrected chi connectivity index (χ1v) is 7.52. The molecule has 112 valence electrons. The lowest BCUT2D eigenvalue weighted by Gasteiger charge is -2.28. The van der Waals surface area contributed by atoms with Crippen LogP contribution in [0.1, 0.15) is 18.2 Å². The summed E-state index contributed by atoms with van der Waals surface area (Å²) in [6, 6.07) is 4.89. The molecule has 2 atom stereocenters. The highest BCUT2D eigenvalue weighted by atomic mass is 79.9. The summed E-state index contributed by atoms with van der Waals surface area (Å²) in [4.78, 5) is 4.43. The molecule has 7 heteroatoms. The van der Waals surface area contributed by atoms with E-state index in [1.165, 1.54) is 6.07 Å². The normalized spacial score (nSPS) is 22.4. The maximum atomic E-state index is 13.3. The van der Waals surface area contributed by atoms with E-state index < -0.39 is 0 Å². The van der Waals surface area contributed by atoms with Crippen LogP contribution in [0.15, 0.2) is 27.2 Å². The van der Waals surface area contributed by atoms with Crippen LogP contribution in [0.2, 0.25) is 0 Å². The Balaban J connectivity index is 1.86. The Kier molecular flexibility index (Phi) is 4.32. The summed E-state index contributed by atoms with van der Waals surface area (Å²) in [5.74, 6) is 0.711. The van der Waals surface area contributed by atoms with Crippen LogP contribution in [-0.4, -0.2) is 36.4 Å². The summed E-state index contributed by atoms with van der Waals surface area (Å²) < 4.78 is 24.5. The standard InChI is InChI=1S/C14H15BrFN3O2/c1-17-12-4-5-20-7-9(12)14-18-13(19-21-14)8-2-3-11(16)10(15)6-8/h2-3,6,9,12,17H,4-5,7H2,1H3. The second kappa shape index (κ2) is 6.21. The van der Waals surface area contributed by atoms with Gasteiger partial charge in [0.1, 0.15) is 5.82 Å². The molecule has 0 spiro atoms. The minimum Gasteiger partial charge on any atom is -0.381 e. The first-order chi connectivity index (χ1) is 10.2. The highest BCUT2D eigenvalue weighted by molar-refractivity contribution is 9.10. The molecule has 1 fully saturated rings. The predicted octanol–water partition coefficient (Wildman–Crippen LogP) is 2.73. The summed E-state index contributed by atoms with van der Waals surface area (Å²) in [6.45, 7) is 1.29. The second-order valence-electron chi connectivity index (χ2n) is 4.95. The van der Waals surface area contributed by atoms with E-state index in [1.54, 1.807) is 12.1 Å². The zero-order valence-corrected chi connectivity index (χ0v) is 13.1. The summed E-state index contributed by atoms with van der Waals surface area (Å²) in [5, 5.41) is 7.24. The van der Waals surface area contributed by atoms with Crippen LogP contribution >= 0.6 is 15.9 Å². The van der Waals surface area contributed by atoms with Gasteiger partial charge in [0.2, 0.25) is 11.7 Å². The van der Waals surface area contributed by atoms with Gasteiger partial charge in [-0.15, -0.1) is 0 Å². The maximum absolute atomic E-state index is 13.3. The van der Waals surface area contributed by atoms with Crippen LogP contribution in [0.25, 0.3) is 11.4 Å². The number of nitrogens with zero attached hydrogens (tertiary/aromatic N) is 2. The van der Waals surface area contributed by atoms with Crippen LogP contribution in [-0.2, 0) is 4.74 Å². The zero-order chi connectivity index (χ0) is 14.8. The minimum atomic E-state index is -0.321. The fourth-order valence-electron chi connectivity index (χ4n) is 2.47. The Morgan fingerprint density at radius 2 is 2.29 bits per heavy atom. The Labute approximate surface area is 130 Å². The number of aromatic nitrogens is 2. The van der Waals surface area contributed by atoms with Crippen molar-refractivity contribution in [3.63, 3.8) is 0 Å². The molecule has 0 amide bonds. The van der Waals surface area contributed by atoms with E-state index in [-0.39, 0.29) is 17.8 Å². The van der Waals surface area contributed by atoms with Crippen LogP contribution in [0.4, 0.5) is 4.39 Å². The number of ether oxygens (including phenoxy) is 1. The molecule has 1 aromatic heterocycles. The predicted molar refractivity (Wildman–Crippen MR) is 78.4 cm³/mol. The van der Waals surface area contributed by atoms with Crippen LogP contribution in [0, 0.1) is 5.82 Å². The third-order valence-electron chi connectivity index (χ3n) is 3.66. The molecule has 1 N–H and O–H groups in total. The average molecular weight is 356 g/mol. The fraction of sp³-hybridized carbons (Fsp3) is 0.429. The van der Waals surface area contributed by atoms with Gasteiger partial charge in [0.15, 0.2) is 0 Å². The van der Waals surface area contributed by atoms with Crippen molar-refractivity contribution < 1.29 is 13.7 Å². The monoisotopic (exact) mass is 355 g/mol. The molecule has 1 aliphatic rings. The lowest BCUT2D eigenvalue weighted by Crippen LogP contribution is -2.39. The van der Waals surface area contributed by atoms with Crippen molar-refractivity contribution >= 4 is 15.9 Å². The molecule has 21 heavy (non-hydrogen) atoms. The molecule has 2 unspecified atom stereocenters. The quantitative estimate of drug-likeness (QED) is 0.917. The largest absolute Gasteiger partial charge is 0.381 e. The summed E-state index contributed by atoms with van der Waals surface area (Å²) in [6.07, 6.45) is 0.904. The third kappa shape index (κ3) is 3.00. The molecule has 1 aromatic carbocycles. The van der Waals surface area contributed by atoms with Crippen molar-refractivity contribution in [3.05, 3.63) is 34.4 Å². The topological polar surface area (TPSA) is 60.2 Å². The van der Waals surface area contributed by atoms with Gasteiger partial charge in [-0.2, -0.15) is 4.98 Å². The Bertz CT molecular complexity index is 634. The number of halogens is 2. The SMILES string of the molecule is CNC1CCOCC1c1nc(-c2ccc(F)c(Br)c2)no1. The number of hydrogen-bond acceptors (Lipinski definition) is 5. The fourth-order valence-corrected chi connectivity index (χ4v) is 2.84. The molecular weight excluding hydrogens is 341 g/mol. The van der Waals surface area contributed by atoms with E-state index in [4.69, 9.17) is 9.26 Å². The number of hydrogen-bond donors (Lipinski definition) is 1. The van der Waals surface area contributed by atoms with Gasteiger partial charge in [0.05, 0.1) is 17.0 Å². The van der Waals surface area contributed by atoms with Crippen LogP contribution < -0.4 is 5.32 Å². The lowest BCUT2D eigenvalue weighted by atomic mass is 9.96. The van der Waals surface area contributed by atoms with Crippen LogP contribution in [0.5, 0.6) is 0 Å². The smallest absolute Gasteiger partial charge is 0.233 e. The highest BCUT2D eigenvalue weighted by Crippen LogP contribution is 2.28. The van der Waals surface area contributed by atoms with Crippen molar-refractivity contribution in [1.82, 2.24) is 15.5 Å². The van der Waals surface area contributed by atoms with Crippen molar-refractivity contribution in [1.29, 1.82) is 0 Å². The summed E-state index contributed by atoms with van der Waals surface area (Å²) in [5.41, 5.74) is 0.705.